The van der Waals surface area contributed by atoms with Crippen LogP contribution in [-0.2, 0) is 14.1 Å². The smallest absolute Gasteiger partial charge is 0.354 e. The highest BCUT2D eigenvalue weighted by molar-refractivity contribution is 7.95. The summed E-state index contributed by atoms with van der Waals surface area (Å²) in [4.78, 5) is 11.7. The average Bonchev–Trinajstić information content (AvgIpc) is 2.50. The van der Waals surface area contributed by atoms with Gasteiger partial charge in [0.2, 0.25) is 0 Å². The van der Waals surface area contributed by atoms with Crippen LogP contribution >= 0.6 is 12.0 Å². The molecule has 5 nitrogen and oxygen atoms in total. The van der Waals surface area contributed by atoms with E-state index in [0.29, 0.717) is 0 Å². The summed E-state index contributed by atoms with van der Waals surface area (Å²) in [5.41, 5.74) is 0.161. The Hall–Kier alpha value is -1.74. The maximum atomic E-state index is 13.1. The van der Waals surface area contributed by atoms with Gasteiger partial charge in [-0.05, 0) is 22.9 Å². The van der Waals surface area contributed by atoms with Gasteiger partial charge in [0.05, 0.1) is 5.56 Å². The maximum Gasteiger partial charge on any atom is 0.354 e. The van der Waals surface area contributed by atoms with Crippen LogP contribution in [0.2, 0.25) is 0 Å². The van der Waals surface area contributed by atoms with Gasteiger partial charge in [-0.2, -0.15) is 8.78 Å². The number of hydrogen-bond donors (Lipinski definition) is 1. The van der Waals surface area contributed by atoms with Gasteiger partial charge in [0.1, 0.15) is 12.0 Å². The van der Waals surface area contributed by atoms with Gasteiger partial charge in [-0.1, -0.05) is 35.4 Å². The highest BCUT2D eigenvalue weighted by atomic mass is 32.2. The van der Waals surface area contributed by atoms with Gasteiger partial charge in [0.15, 0.2) is 6.61 Å². The Bertz CT molecular complexity index is 635. The minimum absolute atomic E-state index is 0.161. The summed E-state index contributed by atoms with van der Waals surface area (Å²) in [6.45, 7) is -1.22. The molecule has 0 fully saturated rings. The Balaban J connectivity index is 2.02. The van der Waals surface area contributed by atoms with Gasteiger partial charge in [0.25, 0.3) is 0 Å². The van der Waals surface area contributed by atoms with Crippen LogP contribution in [0.3, 0.4) is 0 Å². The molecule has 0 heterocycles. The van der Waals surface area contributed by atoms with Crippen molar-refractivity contribution in [3.05, 3.63) is 48.0 Å². The Labute approximate surface area is 122 Å². The molecule has 0 atom stereocenters. The molecule has 112 valence electrons. The molecule has 8 heteroatoms. The first-order valence-corrected chi connectivity index (χ1v) is 6.46. The van der Waals surface area contributed by atoms with E-state index < -0.39 is 29.9 Å². The van der Waals surface area contributed by atoms with E-state index in [1.165, 1.54) is 6.07 Å². The minimum atomic E-state index is -3.55. The molecule has 2 aromatic rings. The van der Waals surface area contributed by atoms with E-state index >= 15 is 0 Å². The van der Waals surface area contributed by atoms with E-state index in [4.69, 9.17) is 5.26 Å². The lowest BCUT2D eigenvalue weighted by Gasteiger charge is -2.13. The summed E-state index contributed by atoms with van der Waals surface area (Å²) in [5, 5.41) is 9.03. The predicted octanol–water partition coefficient (Wildman–Crippen LogP) is 3.66. The number of halogens is 2. The molecule has 0 aliphatic carbocycles. The number of fused-ring (bicyclic) bond motifs is 1. The SMILES string of the molecule is O=C(OCC(F)(F)SOOO)c1ccc2ccccc2c1. The molecule has 1 N–H and O–H groups in total. The maximum absolute atomic E-state index is 13.1. The van der Waals surface area contributed by atoms with Gasteiger partial charge in [-0.15, -0.1) is 4.33 Å². The highest BCUT2D eigenvalue weighted by Crippen LogP contribution is 2.30. The van der Waals surface area contributed by atoms with Gasteiger partial charge >= 0.3 is 11.2 Å². The Morgan fingerprint density at radius 3 is 2.62 bits per heavy atom. The molecule has 0 radical (unpaired) electrons. The van der Waals surface area contributed by atoms with Crippen molar-refractivity contribution < 1.29 is 32.9 Å². The number of carbonyl (C=O) groups is 1. The van der Waals surface area contributed by atoms with Crippen molar-refractivity contribution >= 4 is 28.8 Å². The molecule has 21 heavy (non-hydrogen) atoms. The van der Waals surface area contributed by atoms with E-state index in [2.05, 4.69) is 14.1 Å². The summed E-state index contributed by atoms with van der Waals surface area (Å²) in [6, 6.07) is 12.0. The van der Waals surface area contributed by atoms with Gasteiger partial charge in [-0.3, -0.25) is 0 Å². The zero-order valence-electron chi connectivity index (χ0n) is 10.5. The van der Waals surface area contributed by atoms with Crippen molar-refractivity contribution in [3.63, 3.8) is 0 Å². The standard InChI is InChI=1S/C13H10F2O5S/c14-13(15,21-20-19-17)8-18-12(16)11-6-5-9-3-1-2-4-10(9)7-11/h1-7,17H,8H2. The predicted molar refractivity (Wildman–Crippen MR) is 71.6 cm³/mol. The number of esters is 1. The number of hydrogen-bond acceptors (Lipinski definition) is 6. The molecule has 0 bridgehead atoms. The van der Waals surface area contributed by atoms with E-state index in [9.17, 15) is 13.6 Å². The zero-order chi connectivity index (χ0) is 15.3. The first-order chi connectivity index (χ1) is 10.0. The van der Waals surface area contributed by atoms with Crippen molar-refractivity contribution in [2.45, 2.75) is 5.25 Å². The number of carbonyl (C=O) groups excluding carboxylic acids is 1. The van der Waals surface area contributed by atoms with Crippen LogP contribution in [0.25, 0.3) is 10.8 Å². The van der Waals surface area contributed by atoms with Crippen LogP contribution in [0.1, 0.15) is 10.4 Å². The topological polar surface area (TPSA) is 65.0 Å². The highest BCUT2D eigenvalue weighted by Gasteiger charge is 2.34. The zero-order valence-corrected chi connectivity index (χ0v) is 11.3. The molecule has 0 aromatic heterocycles. The molecule has 0 unspecified atom stereocenters. The van der Waals surface area contributed by atoms with Gasteiger partial charge < -0.3 is 4.74 Å². The summed E-state index contributed by atoms with van der Waals surface area (Å²) in [7, 11) is 0. The molecule has 0 saturated carbocycles. The van der Waals surface area contributed by atoms with Crippen LogP contribution in [0, 0.1) is 0 Å². The molecule has 0 aliphatic rings. The van der Waals surface area contributed by atoms with Crippen LogP contribution in [0.5, 0.6) is 0 Å². The lowest BCUT2D eigenvalue weighted by molar-refractivity contribution is -0.433. The second kappa shape index (κ2) is 6.81. The van der Waals surface area contributed by atoms with E-state index in [-0.39, 0.29) is 5.56 Å². The third kappa shape index (κ3) is 4.36. The lowest BCUT2D eigenvalue weighted by Crippen LogP contribution is -2.22. The number of benzene rings is 2. The Morgan fingerprint density at radius 1 is 1.19 bits per heavy atom. The molecule has 0 amide bonds. The Kier molecular flexibility index (Phi) is 5.07. The molecule has 0 aliphatic heterocycles. The van der Waals surface area contributed by atoms with Gasteiger partial charge in [-0.25, -0.2) is 10.1 Å². The third-order valence-corrected chi connectivity index (χ3v) is 3.03. The minimum Gasteiger partial charge on any atom is -0.455 e. The quantitative estimate of drug-likeness (QED) is 0.380. The fourth-order valence-corrected chi connectivity index (χ4v) is 1.88. The molecular weight excluding hydrogens is 306 g/mol. The number of ether oxygens (including phenoxy) is 1. The summed E-state index contributed by atoms with van der Waals surface area (Å²) in [6.07, 6.45) is 0. The number of rotatable bonds is 6. The van der Waals surface area contributed by atoms with Crippen LogP contribution < -0.4 is 0 Å². The van der Waals surface area contributed by atoms with Crippen molar-refractivity contribution in [2.24, 2.45) is 0 Å². The first-order valence-electron chi connectivity index (χ1n) is 5.71. The second-order valence-corrected chi connectivity index (χ2v) is 4.90. The van der Waals surface area contributed by atoms with Crippen molar-refractivity contribution in [1.29, 1.82) is 0 Å². The summed E-state index contributed by atoms with van der Waals surface area (Å²) < 4.78 is 34.4. The van der Waals surface area contributed by atoms with Crippen molar-refractivity contribution in [2.75, 3.05) is 6.61 Å². The summed E-state index contributed by atoms with van der Waals surface area (Å²) in [5.74, 6) is -0.883. The fourth-order valence-electron chi connectivity index (χ4n) is 1.64. The molecule has 2 rings (SSSR count). The van der Waals surface area contributed by atoms with E-state index in [0.717, 1.165) is 10.8 Å². The van der Waals surface area contributed by atoms with E-state index in [1.807, 2.05) is 12.1 Å². The van der Waals surface area contributed by atoms with Crippen molar-refractivity contribution in [3.8, 4) is 0 Å². The number of alkyl halides is 2. The summed E-state index contributed by atoms with van der Waals surface area (Å²) >= 11 is -0.464. The molecule has 2 aromatic carbocycles. The normalized spacial score (nSPS) is 11.6. The Morgan fingerprint density at radius 2 is 1.90 bits per heavy atom. The fraction of sp³-hybridized carbons (Fsp3) is 0.154. The van der Waals surface area contributed by atoms with Crippen LogP contribution in [-0.4, -0.2) is 23.1 Å². The molecular formula is C13H10F2O5S. The average molecular weight is 316 g/mol. The largest absolute Gasteiger partial charge is 0.455 e. The van der Waals surface area contributed by atoms with E-state index in [1.54, 1.807) is 24.3 Å². The van der Waals surface area contributed by atoms with Crippen LogP contribution in [0.4, 0.5) is 8.78 Å². The first kappa shape index (κ1) is 15.6. The lowest BCUT2D eigenvalue weighted by atomic mass is 10.1. The monoisotopic (exact) mass is 316 g/mol. The molecule has 0 saturated heterocycles. The van der Waals surface area contributed by atoms with Crippen LogP contribution in [0.15, 0.2) is 42.5 Å². The van der Waals surface area contributed by atoms with Crippen molar-refractivity contribution in [1.82, 2.24) is 0 Å². The third-order valence-electron chi connectivity index (χ3n) is 2.54. The molecule has 0 spiro atoms. The van der Waals surface area contributed by atoms with Gasteiger partial charge in [0, 0.05) is 0 Å². The second-order valence-electron chi connectivity index (χ2n) is 4.00.